The molecular formula is C16H14ClN3O5S. The van der Waals surface area contributed by atoms with Gasteiger partial charge in [0.2, 0.25) is 5.91 Å². The summed E-state index contributed by atoms with van der Waals surface area (Å²) in [7, 11) is 2.91. The first kappa shape index (κ1) is 18.0. The average molecular weight is 396 g/mol. The molecule has 3 rings (SSSR count). The molecule has 0 bridgehead atoms. The summed E-state index contributed by atoms with van der Waals surface area (Å²) in [6.45, 7) is -0.318. The normalized spacial score (nSPS) is 10.6. The largest absolute Gasteiger partial charge is 0.495 e. The molecule has 0 spiro atoms. The first-order valence-electron chi connectivity index (χ1n) is 7.35. The van der Waals surface area contributed by atoms with Crippen LogP contribution in [0.5, 0.6) is 11.5 Å². The number of rotatable bonds is 6. The van der Waals surface area contributed by atoms with Gasteiger partial charge in [0.25, 0.3) is 5.89 Å². The number of thiophene rings is 1. The van der Waals surface area contributed by atoms with E-state index in [9.17, 15) is 9.59 Å². The van der Waals surface area contributed by atoms with Gasteiger partial charge in [-0.25, -0.2) is 4.79 Å². The van der Waals surface area contributed by atoms with Crippen LogP contribution in [0.3, 0.4) is 0 Å². The third kappa shape index (κ3) is 3.73. The van der Waals surface area contributed by atoms with Crippen molar-refractivity contribution >= 4 is 34.5 Å². The maximum atomic E-state index is 12.3. The summed E-state index contributed by atoms with van der Waals surface area (Å²) in [5.74, 6) is -0.300. The number of carbonyl (C=O) groups excluding carboxylic acids is 1. The number of anilines is 1. The Bertz CT molecular complexity index is 980. The molecule has 0 aliphatic heterocycles. The van der Waals surface area contributed by atoms with Crippen LogP contribution in [-0.4, -0.2) is 29.9 Å². The lowest BCUT2D eigenvalue weighted by atomic mass is 10.2. The molecule has 10 heteroatoms. The molecule has 0 saturated carbocycles. The highest BCUT2D eigenvalue weighted by atomic mass is 35.5. The SMILES string of the molecule is COc1cc(NC(=O)Cn2nc(-c3cccs3)oc2=O)c(OC)cc1Cl. The maximum Gasteiger partial charge on any atom is 0.437 e. The fourth-order valence-corrected chi connectivity index (χ4v) is 3.06. The fourth-order valence-electron chi connectivity index (χ4n) is 2.19. The minimum atomic E-state index is -0.718. The van der Waals surface area contributed by atoms with Crippen LogP contribution >= 0.6 is 22.9 Å². The quantitative estimate of drug-likeness (QED) is 0.689. The van der Waals surface area contributed by atoms with Crippen molar-refractivity contribution in [2.75, 3.05) is 19.5 Å². The van der Waals surface area contributed by atoms with Gasteiger partial charge in [-0.3, -0.25) is 4.79 Å². The number of methoxy groups -OCH3 is 2. The van der Waals surface area contributed by atoms with E-state index >= 15 is 0 Å². The number of nitrogens with one attached hydrogen (secondary N) is 1. The lowest BCUT2D eigenvalue weighted by Crippen LogP contribution is -2.26. The van der Waals surface area contributed by atoms with Gasteiger partial charge in [-0.1, -0.05) is 17.7 Å². The first-order chi connectivity index (χ1) is 12.5. The average Bonchev–Trinajstić information content (AvgIpc) is 3.26. The zero-order valence-corrected chi connectivity index (χ0v) is 15.4. The molecule has 1 N–H and O–H groups in total. The monoisotopic (exact) mass is 395 g/mol. The van der Waals surface area contributed by atoms with Crippen LogP contribution in [0.2, 0.25) is 5.02 Å². The third-order valence-electron chi connectivity index (χ3n) is 3.38. The zero-order chi connectivity index (χ0) is 18.7. The topological polar surface area (TPSA) is 95.6 Å². The second-order valence-corrected chi connectivity index (χ2v) is 6.40. The molecule has 0 radical (unpaired) electrons. The van der Waals surface area contributed by atoms with Crippen molar-refractivity contribution < 1.29 is 18.7 Å². The molecular weight excluding hydrogens is 382 g/mol. The molecule has 26 heavy (non-hydrogen) atoms. The van der Waals surface area contributed by atoms with Gasteiger partial charge < -0.3 is 19.2 Å². The summed E-state index contributed by atoms with van der Waals surface area (Å²) in [4.78, 5) is 24.9. The number of amides is 1. The Morgan fingerprint density at radius 3 is 2.77 bits per heavy atom. The summed E-state index contributed by atoms with van der Waals surface area (Å²) in [5.41, 5.74) is 0.355. The highest BCUT2D eigenvalue weighted by Crippen LogP contribution is 2.35. The summed E-state index contributed by atoms with van der Waals surface area (Å²) in [6, 6.07) is 6.63. The van der Waals surface area contributed by atoms with E-state index in [0.29, 0.717) is 27.1 Å². The van der Waals surface area contributed by atoms with Crippen molar-refractivity contribution in [2.45, 2.75) is 6.54 Å². The molecule has 0 saturated heterocycles. The molecule has 0 fully saturated rings. The minimum absolute atomic E-state index is 0.170. The maximum absolute atomic E-state index is 12.3. The van der Waals surface area contributed by atoms with Crippen molar-refractivity contribution in [2.24, 2.45) is 0 Å². The van der Waals surface area contributed by atoms with E-state index in [1.54, 1.807) is 6.07 Å². The van der Waals surface area contributed by atoms with Crippen molar-refractivity contribution in [3.63, 3.8) is 0 Å². The minimum Gasteiger partial charge on any atom is -0.495 e. The van der Waals surface area contributed by atoms with Crippen LogP contribution in [-0.2, 0) is 11.3 Å². The van der Waals surface area contributed by atoms with Gasteiger partial charge >= 0.3 is 5.76 Å². The Labute approximate surface area is 156 Å². The van der Waals surface area contributed by atoms with Crippen LogP contribution in [0, 0.1) is 0 Å². The third-order valence-corrected chi connectivity index (χ3v) is 4.53. The Kier molecular flexibility index (Phi) is 5.29. The van der Waals surface area contributed by atoms with Gasteiger partial charge in [-0.05, 0) is 11.4 Å². The van der Waals surface area contributed by atoms with E-state index in [-0.39, 0.29) is 12.4 Å². The van der Waals surface area contributed by atoms with Crippen LogP contribution in [0.15, 0.2) is 38.9 Å². The van der Waals surface area contributed by atoms with Crippen LogP contribution in [0.4, 0.5) is 5.69 Å². The summed E-state index contributed by atoms with van der Waals surface area (Å²) in [6.07, 6.45) is 0. The lowest BCUT2D eigenvalue weighted by molar-refractivity contribution is -0.117. The first-order valence-corrected chi connectivity index (χ1v) is 8.60. The number of hydrogen-bond donors (Lipinski definition) is 1. The molecule has 1 amide bonds. The van der Waals surface area contributed by atoms with Crippen LogP contribution in [0.1, 0.15) is 0 Å². The smallest absolute Gasteiger partial charge is 0.437 e. The van der Waals surface area contributed by atoms with Gasteiger partial charge in [0, 0.05) is 12.1 Å². The second-order valence-electron chi connectivity index (χ2n) is 5.04. The molecule has 2 heterocycles. The number of hydrogen-bond acceptors (Lipinski definition) is 7. The van der Waals surface area contributed by atoms with Gasteiger partial charge in [-0.15, -0.1) is 16.4 Å². The molecule has 0 atom stereocenters. The number of carbonyl (C=O) groups is 1. The van der Waals surface area contributed by atoms with Gasteiger partial charge in [0.05, 0.1) is 29.8 Å². The van der Waals surface area contributed by atoms with Crippen molar-refractivity contribution in [1.82, 2.24) is 9.78 Å². The number of ether oxygens (including phenoxy) is 2. The fraction of sp³-hybridized carbons (Fsp3) is 0.188. The molecule has 0 aliphatic rings. The molecule has 0 aliphatic carbocycles. The molecule has 0 unspecified atom stereocenters. The van der Waals surface area contributed by atoms with E-state index in [4.69, 9.17) is 25.5 Å². The molecule has 136 valence electrons. The van der Waals surface area contributed by atoms with Crippen molar-refractivity contribution in [3.8, 4) is 22.3 Å². The Morgan fingerprint density at radius 1 is 1.35 bits per heavy atom. The van der Waals surface area contributed by atoms with E-state index in [0.717, 1.165) is 4.68 Å². The highest BCUT2D eigenvalue weighted by Gasteiger charge is 2.16. The lowest BCUT2D eigenvalue weighted by Gasteiger charge is -2.12. The summed E-state index contributed by atoms with van der Waals surface area (Å²) in [5, 5.41) is 8.85. The molecule has 8 nitrogen and oxygen atoms in total. The number of benzene rings is 1. The predicted octanol–water partition coefficient (Wildman–Crippen LogP) is 2.87. The molecule has 2 aromatic heterocycles. The van der Waals surface area contributed by atoms with E-state index < -0.39 is 11.7 Å². The summed E-state index contributed by atoms with van der Waals surface area (Å²) < 4.78 is 16.3. The standard InChI is InChI=1S/C16H14ClN3O5S/c1-23-11-7-10(12(24-2)6-9(11)17)18-14(21)8-20-16(22)25-15(19-20)13-4-3-5-26-13/h3-7H,8H2,1-2H3,(H,18,21). The molecule has 1 aromatic carbocycles. The van der Waals surface area contributed by atoms with Crippen LogP contribution < -0.4 is 20.5 Å². The zero-order valence-electron chi connectivity index (χ0n) is 13.8. The number of aromatic nitrogens is 2. The molecule has 3 aromatic rings. The van der Waals surface area contributed by atoms with Gasteiger partial charge in [0.1, 0.15) is 18.0 Å². The van der Waals surface area contributed by atoms with Gasteiger partial charge in [-0.2, -0.15) is 4.68 Å². The Hall–Kier alpha value is -2.78. The Morgan fingerprint density at radius 2 is 2.12 bits per heavy atom. The van der Waals surface area contributed by atoms with Crippen molar-refractivity contribution in [3.05, 3.63) is 45.2 Å². The second kappa shape index (κ2) is 7.63. The number of nitrogens with zero attached hydrogens (tertiary/aromatic N) is 2. The van der Waals surface area contributed by atoms with Gasteiger partial charge in [0.15, 0.2) is 0 Å². The summed E-state index contributed by atoms with van der Waals surface area (Å²) >= 11 is 7.41. The van der Waals surface area contributed by atoms with E-state index in [2.05, 4.69) is 10.4 Å². The highest BCUT2D eigenvalue weighted by molar-refractivity contribution is 7.13. The van der Waals surface area contributed by atoms with E-state index in [1.807, 2.05) is 11.4 Å². The number of halogens is 1. The van der Waals surface area contributed by atoms with Crippen LogP contribution in [0.25, 0.3) is 10.8 Å². The Balaban J connectivity index is 1.79. The van der Waals surface area contributed by atoms with Crippen molar-refractivity contribution in [1.29, 1.82) is 0 Å². The predicted molar refractivity (Wildman–Crippen MR) is 97.3 cm³/mol. The van der Waals surface area contributed by atoms with E-state index in [1.165, 1.54) is 37.7 Å².